The van der Waals surface area contributed by atoms with Gasteiger partial charge in [0.1, 0.15) is 12.2 Å². The molecule has 5 nitrogen and oxygen atoms in total. The molecule has 5 heteroatoms. The summed E-state index contributed by atoms with van der Waals surface area (Å²) < 4.78 is 10.1. The van der Waals surface area contributed by atoms with Crippen molar-refractivity contribution in [3.05, 3.63) is 29.6 Å². The van der Waals surface area contributed by atoms with Crippen molar-refractivity contribution in [1.29, 1.82) is 0 Å². The first-order valence-corrected chi connectivity index (χ1v) is 5.71. The number of hydrogen-bond acceptors (Lipinski definition) is 5. The van der Waals surface area contributed by atoms with Gasteiger partial charge in [-0.15, -0.1) is 0 Å². The molecule has 0 aliphatic carbocycles. The van der Waals surface area contributed by atoms with E-state index in [-0.39, 0.29) is 11.9 Å². The zero-order chi connectivity index (χ0) is 13.7. The van der Waals surface area contributed by atoms with Crippen LogP contribution in [0.15, 0.2) is 18.2 Å². The summed E-state index contributed by atoms with van der Waals surface area (Å²) >= 11 is 0. The molecule has 1 aromatic rings. The fourth-order valence-electron chi connectivity index (χ4n) is 1.54. The molecule has 0 amide bonds. The highest BCUT2D eigenvalue weighted by Crippen LogP contribution is 2.19. The highest BCUT2D eigenvalue weighted by atomic mass is 16.5. The van der Waals surface area contributed by atoms with Crippen LogP contribution in [0.3, 0.4) is 0 Å². The molecule has 1 aromatic heterocycles. The van der Waals surface area contributed by atoms with Crippen molar-refractivity contribution in [3.8, 4) is 0 Å². The van der Waals surface area contributed by atoms with E-state index in [1.54, 1.807) is 32.0 Å². The summed E-state index contributed by atoms with van der Waals surface area (Å²) in [6.45, 7) is 6.18. The first kappa shape index (κ1) is 14.2. The van der Waals surface area contributed by atoms with Gasteiger partial charge in [0.15, 0.2) is 0 Å². The molecule has 2 atom stereocenters. The molecule has 1 heterocycles. The van der Waals surface area contributed by atoms with Gasteiger partial charge in [0.25, 0.3) is 0 Å². The van der Waals surface area contributed by atoms with Gasteiger partial charge in [-0.2, -0.15) is 0 Å². The second-order valence-corrected chi connectivity index (χ2v) is 3.99. The van der Waals surface area contributed by atoms with Crippen LogP contribution >= 0.6 is 0 Å². The van der Waals surface area contributed by atoms with Crippen LogP contribution in [0.2, 0.25) is 0 Å². The first-order valence-electron chi connectivity index (χ1n) is 5.71. The Hall–Kier alpha value is -1.91. The lowest BCUT2D eigenvalue weighted by atomic mass is 10.2. The molecule has 0 fully saturated rings. The molecular weight excluding hydrogens is 234 g/mol. The van der Waals surface area contributed by atoms with E-state index < -0.39 is 12.2 Å². The number of rotatable bonds is 4. The van der Waals surface area contributed by atoms with Crippen LogP contribution in [0, 0.1) is 0 Å². The van der Waals surface area contributed by atoms with Gasteiger partial charge < -0.3 is 9.47 Å². The number of pyridine rings is 1. The summed E-state index contributed by atoms with van der Waals surface area (Å²) in [7, 11) is 0. The van der Waals surface area contributed by atoms with Crippen molar-refractivity contribution in [2.45, 2.75) is 39.9 Å². The lowest BCUT2D eigenvalue weighted by Crippen LogP contribution is -2.10. The van der Waals surface area contributed by atoms with Gasteiger partial charge in [-0.1, -0.05) is 6.07 Å². The molecule has 0 saturated heterocycles. The van der Waals surface area contributed by atoms with E-state index in [2.05, 4.69) is 4.98 Å². The number of carbonyl (C=O) groups excluding carboxylic acids is 2. The Morgan fingerprint density at radius 3 is 1.72 bits per heavy atom. The van der Waals surface area contributed by atoms with Crippen molar-refractivity contribution in [3.63, 3.8) is 0 Å². The number of carbonyl (C=O) groups is 2. The lowest BCUT2D eigenvalue weighted by Gasteiger charge is -2.15. The van der Waals surface area contributed by atoms with E-state index in [4.69, 9.17) is 9.47 Å². The summed E-state index contributed by atoms with van der Waals surface area (Å²) in [5, 5.41) is 0. The maximum Gasteiger partial charge on any atom is 0.303 e. The topological polar surface area (TPSA) is 65.5 Å². The highest BCUT2D eigenvalue weighted by molar-refractivity contribution is 5.66. The molecule has 0 spiro atoms. The van der Waals surface area contributed by atoms with E-state index >= 15 is 0 Å². The highest BCUT2D eigenvalue weighted by Gasteiger charge is 2.14. The van der Waals surface area contributed by atoms with Gasteiger partial charge in [-0.05, 0) is 26.0 Å². The normalized spacial score (nSPS) is 13.6. The monoisotopic (exact) mass is 251 g/mol. The zero-order valence-electron chi connectivity index (χ0n) is 11.0. The average molecular weight is 251 g/mol. The second kappa shape index (κ2) is 6.14. The Bertz CT molecular complexity index is 407. The van der Waals surface area contributed by atoms with Crippen molar-refractivity contribution >= 4 is 11.9 Å². The number of ether oxygens (including phenoxy) is 2. The number of aromatic nitrogens is 1. The van der Waals surface area contributed by atoms with Crippen molar-refractivity contribution in [2.24, 2.45) is 0 Å². The molecule has 0 radical (unpaired) electrons. The molecule has 0 N–H and O–H groups in total. The summed E-state index contributed by atoms with van der Waals surface area (Å²) in [6, 6.07) is 5.31. The number of esters is 2. The smallest absolute Gasteiger partial charge is 0.303 e. The molecule has 18 heavy (non-hydrogen) atoms. The van der Waals surface area contributed by atoms with E-state index in [1.807, 2.05) is 0 Å². The molecule has 0 saturated carbocycles. The largest absolute Gasteiger partial charge is 0.456 e. The molecular formula is C13H17NO4. The van der Waals surface area contributed by atoms with E-state index in [0.29, 0.717) is 11.4 Å². The Balaban J connectivity index is 2.84. The van der Waals surface area contributed by atoms with Gasteiger partial charge in [0.2, 0.25) is 0 Å². The fourth-order valence-corrected chi connectivity index (χ4v) is 1.54. The Morgan fingerprint density at radius 1 is 1.00 bits per heavy atom. The summed E-state index contributed by atoms with van der Waals surface area (Å²) in [6.07, 6.45) is -0.848. The van der Waals surface area contributed by atoms with Crippen LogP contribution < -0.4 is 0 Å². The third-order valence-corrected chi connectivity index (χ3v) is 2.31. The SMILES string of the molecule is CC(=O)O[C@@H](C)c1cccc([C@@H](C)OC(C)=O)n1. The predicted octanol–water partition coefficient (Wildman–Crippen LogP) is 2.33. The molecule has 0 unspecified atom stereocenters. The van der Waals surface area contributed by atoms with E-state index in [9.17, 15) is 9.59 Å². The van der Waals surface area contributed by atoms with Gasteiger partial charge in [0.05, 0.1) is 11.4 Å². The summed E-state index contributed by atoms with van der Waals surface area (Å²) in [5.41, 5.74) is 1.25. The van der Waals surface area contributed by atoms with Gasteiger partial charge in [-0.3, -0.25) is 14.6 Å². The minimum Gasteiger partial charge on any atom is -0.456 e. The Morgan fingerprint density at radius 2 is 1.39 bits per heavy atom. The van der Waals surface area contributed by atoms with E-state index in [0.717, 1.165) is 0 Å². The molecule has 98 valence electrons. The molecule has 0 aromatic carbocycles. The van der Waals surface area contributed by atoms with Gasteiger partial charge in [-0.25, -0.2) is 0 Å². The first-order chi connectivity index (χ1) is 8.40. The summed E-state index contributed by atoms with van der Waals surface area (Å²) in [5.74, 6) is -0.717. The minimum absolute atomic E-state index is 0.359. The van der Waals surface area contributed by atoms with Crippen LogP contribution in [0.5, 0.6) is 0 Å². The zero-order valence-corrected chi connectivity index (χ0v) is 11.0. The standard InChI is InChI=1S/C13H17NO4/c1-8(17-10(3)15)12-6-5-7-13(14-12)9(2)18-11(4)16/h5-9H,1-4H3/t8-,9+. The molecule has 1 rings (SSSR count). The molecule has 0 aliphatic rings. The molecule has 0 bridgehead atoms. The van der Waals surface area contributed by atoms with Crippen molar-refractivity contribution in [2.75, 3.05) is 0 Å². The lowest BCUT2D eigenvalue weighted by molar-refractivity contribution is -0.146. The number of hydrogen-bond donors (Lipinski definition) is 0. The molecule has 0 aliphatic heterocycles. The fraction of sp³-hybridized carbons (Fsp3) is 0.462. The minimum atomic E-state index is -0.424. The Kier molecular flexibility index (Phi) is 4.83. The quantitative estimate of drug-likeness (QED) is 0.768. The Labute approximate surface area is 106 Å². The number of nitrogens with zero attached hydrogens (tertiary/aromatic N) is 1. The third-order valence-electron chi connectivity index (χ3n) is 2.31. The van der Waals surface area contributed by atoms with Crippen LogP contribution in [0.1, 0.15) is 51.3 Å². The summed E-state index contributed by atoms with van der Waals surface area (Å²) in [4.78, 5) is 26.1. The van der Waals surface area contributed by atoms with Crippen molar-refractivity contribution in [1.82, 2.24) is 4.98 Å². The maximum atomic E-state index is 10.9. The predicted molar refractivity (Wildman–Crippen MR) is 64.6 cm³/mol. The third kappa shape index (κ3) is 4.16. The van der Waals surface area contributed by atoms with Crippen molar-refractivity contribution < 1.29 is 19.1 Å². The second-order valence-electron chi connectivity index (χ2n) is 3.99. The van der Waals surface area contributed by atoms with Gasteiger partial charge in [0, 0.05) is 13.8 Å². The average Bonchev–Trinajstić information content (AvgIpc) is 2.27. The van der Waals surface area contributed by atoms with Crippen LogP contribution in [0.4, 0.5) is 0 Å². The van der Waals surface area contributed by atoms with E-state index in [1.165, 1.54) is 13.8 Å². The maximum absolute atomic E-state index is 10.9. The van der Waals surface area contributed by atoms with Crippen LogP contribution in [-0.2, 0) is 19.1 Å². The van der Waals surface area contributed by atoms with Crippen LogP contribution in [0.25, 0.3) is 0 Å². The van der Waals surface area contributed by atoms with Crippen LogP contribution in [-0.4, -0.2) is 16.9 Å². The van der Waals surface area contributed by atoms with Gasteiger partial charge >= 0.3 is 11.9 Å².